The van der Waals surface area contributed by atoms with Crippen LogP contribution in [-0.4, -0.2) is 33.2 Å². The van der Waals surface area contributed by atoms with E-state index in [1.807, 2.05) is 47.5 Å². The third-order valence-corrected chi connectivity index (χ3v) is 4.26. The molecule has 1 heterocycles. The lowest BCUT2D eigenvalue weighted by molar-refractivity contribution is -0.654. The molecule has 0 unspecified atom stereocenters. The zero-order valence-corrected chi connectivity index (χ0v) is 14.3. The second kappa shape index (κ2) is 7.59. The van der Waals surface area contributed by atoms with Gasteiger partial charge in [0.2, 0.25) is 0 Å². The highest BCUT2D eigenvalue weighted by atomic mass is 32.3. The predicted octanol–water partition coefficient (Wildman–Crippen LogP) is 2.24. The molecule has 0 radical (unpaired) electrons. The number of azo groups is 1. The normalized spacial score (nSPS) is 12.0. The SMILES string of the molecule is CN(CCOS(=O)(=O)O)c1ccc(N=Nc2scc[n+]2C)cc1. The van der Waals surface area contributed by atoms with Crippen molar-refractivity contribution in [1.29, 1.82) is 0 Å². The average Bonchev–Trinajstić information content (AvgIpc) is 2.89. The lowest BCUT2D eigenvalue weighted by Crippen LogP contribution is -2.23. The Balaban J connectivity index is 1.93. The summed E-state index contributed by atoms with van der Waals surface area (Å²) < 4.78 is 35.6. The minimum absolute atomic E-state index is 0.133. The van der Waals surface area contributed by atoms with E-state index in [0.29, 0.717) is 12.2 Å². The Labute approximate surface area is 138 Å². The fraction of sp³-hybridized carbons (Fsp3) is 0.308. The van der Waals surface area contributed by atoms with E-state index >= 15 is 0 Å². The summed E-state index contributed by atoms with van der Waals surface area (Å²) in [5.41, 5.74) is 1.58. The quantitative estimate of drug-likeness (QED) is 0.466. The molecule has 0 saturated carbocycles. The maximum Gasteiger partial charge on any atom is 0.408 e. The Morgan fingerprint density at radius 3 is 2.57 bits per heavy atom. The highest BCUT2D eigenvalue weighted by Crippen LogP contribution is 2.21. The van der Waals surface area contributed by atoms with Crippen molar-refractivity contribution in [3.05, 3.63) is 35.8 Å². The van der Waals surface area contributed by atoms with Gasteiger partial charge in [0, 0.05) is 24.7 Å². The lowest BCUT2D eigenvalue weighted by Gasteiger charge is -2.18. The molecule has 0 fully saturated rings. The number of likely N-dealkylation sites (N-methyl/N-ethyl adjacent to an activating group) is 1. The van der Waals surface area contributed by atoms with Gasteiger partial charge in [-0.15, -0.1) is 0 Å². The third kappa shape index (κ3) is 5.67. The first-order valence-corrected chi connectivity index (χ1v) is 8.87. The summed E-state index contributed by atoms with van der Waals surface area (Å²) in [5, 5.41) is 11.1. The van der Waals surface area contributed by atoms with Crippen LogP contribution in [0.2, 0.25) is 0 Å². The van der Waals surface area contributed by atoms with Crippen LogP contribution in [0.5, 0.6) is 0 Å². The molecule has 0 atom stereocenters. The van der Waals surface area contributed by atoms with Crippen LogP contribution >= 0.6 is 11.3 Å². The Hall–Kier alpha value is -1.88. The van der Waals surface area contributed by atoms with Gasteiger partial charge in [-0.2, -0.15) is 8.42 Å². The van der Waals surface area contributed by atoms with Gasteiger partial charge < -0.3 is 4.90 Å². The molecule has 2 rings (SSSR count). The van der Waals surface area contributed by atoms with Gasteiger partial charge in [0.25, 0.3) is 0 Å². The number of hydrogen-bond donors (Lipinski definition) is 1. The summed E-state index contributed by atoms with van der Waals surface area (Å²) in [7, 11) is -0.709. The Morgan fingerprint density at radius 2 is 2.00 bits per heavy atom. The van der Waals surface area contributed by atoms with E-state index in [1.54, 1.807) is 11.9 Å². The van der Waals surface area contributed by atoms with E-state index in [9.17, 15) is 8.42 Å². The smallest absolute Gasteiger partial charge is 0.372 e. The average molecular weight is 357 g/mol. The monoisotopic (exact) mass is 357 g/mol. The first kappa shape index (κ1) is 17.5. The highest BCUT2D eigenvalue weighted by molar-refractivity contribution is 7.80. The van der Waals surface area contributed by atoms with Gasteiger partial charge in [-0.25, -0.2) is 8.75 Å². The molecule has 8 nitrogen and oxygen atoms in total. The number of rotatable bonds is 7. The molecule has 23 heavy (non-hydrogen) atoms. The number of nitrogens with zero attached hydrogens (tertiary/aromatic N) is 4. The van der Waals surface area contributed by atoms with Gasteiger partial charge >= 0.3 is 15.5 Å². The number of benzene rings is 1. The van der Waals surface area contributed by atoms with Gasteiger partial charge in [0.05, 0.1) is 18.8 Å². The summed E-state index contributed by atoms with van der Waals surface area (Å²) in [6, 6.07) is 7.31. The molecule has 1 N–H and O–H groups in total. The number of thiazole rings is 1. The van der Waals surface area contributed by atoms with Crippen LogP contribution in [0.25, 0.3) is 0 Å². The fourth-order valence-electron chi connectivity index (χ4n) is 1.71. The molecule has 0 spiro atoms. The minimum atomic E-state index is -4.40. The summed E-state index contributed by atoms with van der Waals surface area (Å²) in [4.78, 5) is 1.80. The van der Waals surface area contributed by atoms with Crippen molar-refractivity contribution in [3.8, 4) is 0 Å². The molecule has 0 amide bonds. The van der Waals surface area contributed by atoms with Crippen LogP contribution in [0.4, 0.5) is 16.5 Å². The fourth-order valence-corrected chi connectivity index (χ4v) is 2.67. The highest BCUT2D eigenvalue weighted by Gasteiger charge is 2.08. The van der Waals surface area contributed by atoms with Crippen LogP contribution in [0.15, 0.2) is 46.1 Å². The molecule has 2 aromatic rings. The van der Waals surface area contributed by atoms with Crippen molar-refractivity contribution in [2.24, 2.45) is 17.3 Å². The van der Waals surface area contributed by atoms with Crippen molar-refractivity contribution in [2.75, 3.05) is 25.1 Å². The second-order valence-electron chi connectivity index (χ2n) is 4.68. The van der Waals surface area contributed by atoms with E-state index in [2.05, 4.69) is 14.4 Å². The van der Waals surface area contributed by atoms with Crippen molar-refractivity contribution in [3.63, 3.8) is 0 Å². The van der Waals surface area contributed by atoms with Crippen molar-refractivity contribution in [2.45, 2.75) is 0 Å². The molecule has 0 aliphatic heterocycles. The van der Waals surface area contributed by atoms with Crippen LogP contribution in [0.3, 0.4) is 0 Å². The molecule has 1 aromatic heterocycles. The zero-order chi connectivity index (χ0) is 16.9. The van der Waals surface area contributed by atoms with E-state index in [4.69, 9.17) is 4.55 Å². The lowest BCUT2D eigenvalue weighted by atomic mass is 10.2. The van der Waals surface area contributed by atoms with Gasteiger partial charge in [0.1, 0.15) is 11.9 Å². The molecular weight excluding hydrogens is 340 g/mol. The minimum Gasteiger partial charge on any atom is -0.372 e. The standard InChI is InChI=1S/C13H16N4O4S2/c1-16(7-9-21-23(18,19)20)12-5-3-11(4-6-12)14-15-13-17(2)8-10-22-13/h3-6,8,10H,7,9H2,1-2H3/p+1. The van der Waals surface area contributed by atoms with Crippen LogP contribution < -0.4 is 9.47 Å². The van der Waals surface area contributed by atoms with Crippen molar-refractivity contribution >= 4 is 38.2 Å². The first-order chi connectivity index (χ1) is 10.8. The molecule has 10 heteroatoms. The predicted molar refractivity (Wildman–Crippen MR) is 86.9 cm³/mol. The molecule has 1 aromatic carbocycles. The summed E-state index contributed by atoms with van der Waals surface area (Å²) in [6.07, 6.45) is 1.91. The Kier molecular flexibility index (Phi) is 5.77. The maximum atomic E-state index is 10.5. The van der Waals surface area contributed by atoms with E-state index in [-0.39, 0.29) is 6.61 Å². The van der Waals surface area contributed by atoms with Crippen LogP contribution in [-0.2, 0) is 21.6 Å². The molecule has 0 bridgehead atoms. The molecule has 0 saturated heterocycles. The largest absolute Gasteiger partial charge is 0.408 e. The van der Waals surface area contributed by atoms with E-state index in [0.717, 1.165) is 10.8 Å². The van der Waals surface area contributed by atoms with Crippen LogP contribution in [0, 0.1) is 0 Å². The van der Waals surface area contributed by atoms with Crippen molar-refractivity contribution in [1.82, 2.24) is 0 Å². The van der Waals surface area contributed by atoms with Gasteiger partial charge in [-0.3, -0.25) is 4.55 Å². The first-order valence-electron chi connectivity index (χ1n) is 6.63. The number of anilines is 1. The second-order valence-corrected chi connectivity index (χ2v) is 6.65. The summed E-state index contributed by atoms with van der Waals surface area (Å²) in [6.45, 7) is 0.178. The van der Waals surface area contributed by atoms with Crippen molar-refractivity contribution < 1.29 is 21.7 Å². The molecule has 124 valence electrons. The summed E-state index contributed by atoms with van der Waals surface area (Å²) >= 11 is 1.50. The number of aryl methyl sites for hydroxylation is 1. The molecule has 0 aliphatic rings. The molecular formula is C13H17N4O4S2+. The van der Waals surface area contributed by atoms with Gasteiger partial charge in [-0.05, 0) is 40.7 Å². The van der Waals surface area contributed by atoms with Gasteiger partial charge in [0.15, 0.2) is 0 Å². The summed E-state index contributed by atoms with van der Waals surface area (Å²) in [5.74, 6) is 0. The molecule has 0 aliphatic carbocycles. The maximum absolute atomic E-state index is 10.5. The number of aromatic nitrogens is 1. The van der Waals surface area contributed by atoms with E-state index in [1.165, 1.54) is 11.3 Å². The van der Waals surface area contributed by atoms with Gasteiger partial charge in [-0.1, -0.05) is 0 Å². The topological polar surface area (TPSA) is 95.4 Å². The van der Waals surface area contributed by atoms with Crippen LogP contribution in [0.1, 0.15) is 0 Å². The number of hydrogen-bond acceptors (Lipinski definition) is 7. The van der Waals surface area contributed by atoms with E-state index < -0.39 is 10.4 Å². The Morgan fingerprint density at radius 1 is 1.30 bits per heavy atom. The Bertz CT molecular complexity index is 772. The zero-order valence-electron chi connectivity index (χ0n) is 12.7. The third-order valence-electron chi connectivity index (χ3n) is 2.96.